The number of likely N-dealkylation sites (tertiary alicyclic amines) is 1. The van der Waals surface area contributed by atoms with Crippen LogP contribution in [0.2, 0.25) is 0 Å². The smallest absolute Gasteiger partial charge is 0.246 e. The number of amides is 2. The lowest BCUT2D eigenvalue weighted by atomic mass is 10.0. The van der Waals surface area contributed by atoms with Crippen LogP contribution in [0, 0.1) is 5.92 Å². The first kappa shape index (κ1) is 19.1. The molecular weight excluding hydrogens is 320 g/mol. The highest BCUT2D eigenvalue weighted by molar-refractivity contribution is 6.01. The second-order valence-electron chi connectivity index (χ2n) is 6.79. The molecule has 1 saturated heterocycles. The highest BCUT2D eigenvalue weighted by Gasteiger charge is 2.39. The lowest BCUT2D eigenvalue weighted by molar-refractivity contribution is -0.138. The molecule has 2 heterocycles. The summed E-state index contributed by atoms with van der Waals surface area (Å²) in [7, 11) is 0. The van der Waals surface area contributed by atoms with Gasteiger partial charge in [0.15, 0.2) is 0 Å². The molecule has 7 heteroatoms. The molecule has 1 aromatic heterocycles. The number of pyridine rings is 1. The summed E-state index contributed by atoms with van der Waals surface area (Å²) in [6, 6.07) is 3.22. The number of Topliss-reactive ketones (excluding diaryl/α,β-unsaturated/α-hetero) is 1. The van der Waals surface area contributed by atoms with E-state index in [9.17, 15) is 14.4 Å². The zero-order chi connectivity index (χ0) is 18.6. The van der Waals surface area contributed by atoms with Gasteiger partial charge in [-0.1, -0.05) is 19.9 Å². The van der Waals surface area contributed by atoms with E-state index < -0.39 is 18.1 Å². The molecule has 1 aromatic rings. The second kappa shape index (κ2) is 8.20. The molecule has 3 N–H and O–H groups in total. The number of nitrogens with zero attached hydrogens (tertiary/aromatic N) is 2. The van der Waals surface area contributed by atoms with Gasteiger partial charge in [0, 0.05) is 12.7 Å². The number of carbonyl (C=O) groups excluding carboxylic acids is 3. The average molecular weight is 346 g/mol. The summed E-state index contributed by atoms with van der Waals surface area (Å²) in [5.41, 5.74) is 5.94. The molecule has 2 rings (SSSR count). The Morgan fingerprint density at radius 1 is 1.28 bits per heavy atom. The van der Waals surface area contributed by atoms with E-state index in [0.717, 1.165) is 6.42 Å². The van der Waals surface area contributed by atoms with Crippen LogP contribution >= 0.6 is 0 Å². The van der Waals surface area contributed by atoms with Gasteiger partial charge in [-0.3, -0.25) is 19.4 Å². The van der Waals surface area contributed by atoms with Crippen molar-refractivity contribution in [2.24, 2.45) is 11.7 Å². The van der Waals surface area contributed by atoms with Gasteiger partial charge in [0.2, 0.25) is 17.6 Å². The molecule has 2 amide bonds. The van der Waals surface area contributed by atoms with Gasteiger partial charge in [0.25, 0.3) is 0 Å². The van der Waals surface area contributed by atoms with Crippen LogP contribution in [0.25, 0.3) is 0 Å². The van der Waals surface area contributed by atoms with Crippen LogP contribution in [-0.4, -0.2) is 52.2 Å². The molecule has 0 radical (unpaired) electrons. The number of hydrogen-bond donors (Lipinski definition) is 2. The number of rotatable bonds is 6. The largest absolute Gasteiger partial charge is 0.343 e. The Morgan fingerprint density at radius 2 is 2.00 bits per heavy atom. The minimum atomic E-state index is -0.698. The monoisotopic (exact) mass is 346 g/mol. The van der Waals surface area contributed by atoms with E-state index in [1.54, 1.807) is 36.2 Å². The predicted octanol–water partition coefficient (Wildman–Crippen LogP) is 0.743. The number of nitrogens with two attached hydrogens (primary N) is 1. The van der Waals surface area contributed by atoms with Gasteiger partial charge in [-0.2, -0.15) is 0 Å². The Bertz CT molecular complexity index is 630. The fourth-order valence-corrected chi connectivity index (χ4v) is 2.96. The Balaban J connectivity index is 2.17. The third-order valence-electron chi connectivity index (χ3n) is 4.40. The van der Waals surface area contributed by atoms with Crippen molar-refractivity contribution in [2.75, 3.05) is 6.54 Å². The molecule has 1 aliphatic heterocycles. The van der Waals surface area contributed by atoms with E-state index >= 15 is 0 Å². The molecule has 0 aliphatic carbocycles. The van der Waals surface area contributed by atoms with E-state index in [2.05, 4.69) is 10.3 Å². The number of aromatic nitrogens is 1. The van der Waals surface area contributed by atoms with E-state index in [-0.39, 0.29) is 23.5 Å². The topological polar surface area (TPSA) is 105 Å². The van der Waals surface area contributed by atoms with Crippen LogP contribution in [0.5, 0.6) is 0 Å². The zero-order valence-corrected chi connectivity index (χ0v) is 14.9. The van der Waals surface area contributed by atoms with Crippen molar-refractivity contribution in [3.63, 3.8) is 0 Å². The van der Waals surface area contributed by atoms with Crippen molar-refractivity contribution >= 4 is 17.6 Å². The minimum absolute atomic E-state index is 0.110. The van der Waals surface area contributed by atoms with Crippen LogP contribution in [-0.2, 0) is 9.59 Å². The molecule has 3 atom stereocenters. The molecule has 1 aliphatic rings. The van der Waals surface area contributed by atoms with Crippen LogP contribution in [0.4, 0.5) is 0 Å². The van der Waals surface area contributed by atoms with Crippen LogP contribution in [0.15, 0.2) is 24.4 Å². The fourth-order valence-electron chi connectivity index (χ4n) is 2.96. The molecular formula is C18H26N4O3. The van der Waals surface area contributed by atoms with Crippen molar-refractivity contribution < 1.29 is 14.4 Å². The van der Waals surface area contributed by atoms with Gasteiger partial charge < -0.3 is 16.0 Å². The summed E-state index contributed by atoms with van der Waals surface area (Å²) >= 11 is 0. The lowest BCUT2D eigenvalue weighted by Gasteiger charge is -2.30. The number of hydrogen-bond acceptors (Lipinski definition) is 5. The summed E-state index contributed by atoms with van der Waals surface area (Å²) in [4.78, 5) is 43.3. The van der Waals surface area contributed by atoms with Crippen LogP contribution in [0.3, 0.4) is 0 Å². The highest BCUT2D eigenvalue weighted by atomic mass is 16.2. The highest BCUT2D eigenvalue weighted by Crippen LogP contribution is 2.23. The summed E-state index contributed by atoms with van der Waals surface area (Å²) in [5, 5.41) is 2.71. The molecule has 136 valence electrons. The van der Waals surface area contributed by atoms with E-state index in [1.165, 1.54) is 0 Å². The SMILES string of the molecule is CC(N)C(=O)NC(C(=O)N1CCC[C@H]1C(=O)c1ccccn1)C(C)C. The van der Waals surface area contributed by atoms with E-state index in [4.69, 9.17) is 5.73 Å². The first-order valence-electron chi connectivity index (χ1n) is 8.64. The van der Waals surface area contributed by atoms with Gasteiger partial charge in [-0.25, -0.2) is 0 Å². The molecule has 0 aromatic carbocycles. The predicted molar refractivity (Wildman–Crippen MR) is 93.7 cm³/mol. The van der Waals surface area contributed by atoms with Crippen molar-refractivity contribution in [2.45, 2.75) is 51.7 Å². The van der Waals surface area contributed by atoms with E-state index in [0.29, 0.717) is 18.7 Å². The van der Waals surface area contributed by atoms with Crippen molar-refractivity contribution in [1.29, 1.82) is 0 Å². The first-order valence-corrected chi connectivity index (χ1v) is 8.64. The summed E-state index contributed by atoms with van der Waals surface area (Å²) < 4.78 is 0. The molecule has 0 saturated carbocycles. The molecule has 1 fully saturated rings. The summed E-state index contributed by atoms with van der Waals surface area (Å²) in [5.74, 6) is -0.886. The van der Waals surface area contributed by atoms with Gasteiger partial charge in [-0.15, -0.1) is 0 Å². The maximum atomic E-state index is 13.0. The van der Waals surface area contributed by atoms with Gasteiger partial charge in [0.1, 0.15) is 11.7 Å². The quantitative estimate of drug-likeness (QED) is 0.739. The van der Waals surface area contributed by atoms with Gasteiger partial charge in [0.05, 0.1) is 12.1 Å². The van der Waals surface area contributed by atoms with Gasteiger partial charge >= 0.3 is 0 Å². The molecule has 2 unspecified atom stereocenters. The van der Waals surface area contributed by atoms with Crippen molar-refractivity contribution in [3.8, 4) is 0 Å². The first-order chi connectivity index (χ1) is 11.8. The zero-order valence-electron chi connectivity index (χ0n) is 14.9. The number of carbonyl (C=O) groups is 3. The van der Waals surface area contributed by atoms with Crippen molar-refractivity contribution in [1.82, 2.24) is 15.2 Å². The van der Waals surface area contributed by atoms with Gasteiger partial charge in [-0.05, 0) is 37.8 Å². The second-order valence-corrected chi connectivity index (χ2v) is 6.79. The molecule has 25 heavy (non-hydrogen) atoms. The maximum absolute atomic E-state index is 13.0. The summed E-state index contributed by atoms with van der Waals surface area (Å²) in [6.07, 6.45) is 2.92. The normalized spacial score (nSPS) is 19.6. The number of nitrogens with one attached hydrogen (secondary N) is 1. The minimum Gasteiger partial charge on any atom is -0.343 e. The molecule has 0 bridgehead atoms. The third-order valence-corrected chi connectivity index (χ3v) is 4.40. The van der Waals surface area contributed by atoms with Crippen LogP contribution in [0.1, 0.15) is 44.1 Å². The molecule has 7 nitrogen and oxygen atoms in total. The number of ketones is 1. The standard InChI is InChI=1S/C18H26N4O3/c1-11(2)15(21-17(24)12(3)19)18(25)22-10-6-8-14(22)16(23)13-7-4-5-9-20-13/h4-5,7,9,11-12,14-15H,6,8,10,19H2,1-3H3,(H,21,24)/t12?,14-,15?/m0/s1. The average Bonchev–Trinajstić information content (AvgIpc) is 3.08. The summed E-state index contributed by atoms with van der Waals surface area (Å²) in [6.45, 7) is 5.78. The third kappa shape index (κ3) is 4.42. The van der Waals surface area contributed by atoms with Crippen molar-refractivity contribution in [3.05, 3.63) is 30.1 Å². The Hall–Kier alpha value is -2.28. The fraction of sp³-hybridized carbons (Fsp3) is 0.556. The van der Waals surface area contributed by atoms with Crippen LogP contribution < -0.4 is 11.1 Å². The van der Waals surface area contributed by atoms with E-state index in [1.807, 2.05) is 13.8 Å². The molecule has 0 spiro atoms. The lowest BCUT2D eigenvalue weighted by Crippen LogP contribution is -2.56. The maximum Gasteiger partial charge on any atom is 0.246 e. The Kier molecular flexibility index (Phi) is 6.25. The Labute approximate surface area is 148 Å². The Morgan fingerprint density at radius 3 is 2.56 bits per heavy atom.